The Morgan fingerprint density at radius 1 is 0.600 bits per heavy atom. The summed E-state index contributed by atoms with van der Waals surface area (Å²) in [7, 11) is 0. The first-order valence-electron chi connectivity index (χ1n) is 10.6. The number of allylic oxidation sites excluding steroid dienone is 2. The van der Waals surface area contributed by atoms with Crippen LogP contribution in [0.4, 0.5) is 0 Å². The van der Waals surface area contributed by atoms with Crippen molar-refractivity contribution in [2.24, 2.45) is 0 Å². The molecule has 0 aliphatic rings. The normalized spacial score (nSPS) is 11.1. The van der Waals surface area contributed by atoms with Crippen LogP contribution >= 0.6 is 0 Å². The number of hydrogen-bond acceptors (Lipinski definition) is 3. The van der Waals surface area contributed by atoms with Crippen molar-refractivity contribution in [3.05, 3.63) is 12.2 Å². The third-order valence-corrected chi connectivity index (χ3v) is 4.32. The number of carbonyl (C=O) groups excluding carboxylic acids is 2. The van der Waals surface area contributed by atoms with Crippen molar-refractivity contribution in [2.45, 2.75) is 117 Å². The smallest absolute Gasteiger partial charge is 0.313 e. The Bertz CT molecular complexity index is 347. The second-order valence-corrected chi connectivity index (χ2v) is 6.93. The molecule has 0 aromatic rings. The molecule has 0 rings (SSSR count). The van der Waals surface area contributed by atoms with Gasteiger partial charge in [-0.05, 0) is 38.5 Å². The Hall–Kier alpha value is -1.12. The van der Waals surface area contributed by atoms with Gasteiger partial charge in [0.2, 0.25) is 0 Å². The predicted octanol–water partition coefficient (Wildman–Crippen LogP) is 6.89. The van der Waals surface area contributed by atoms with E-state index in [2.05, 4.69) is 19.1 Å². The van der Waals surface area contributed by atoms with Crippen LogP contribution in [0.25, 0.3) is 0 Å². The monoisotopic (exact) mass is 352 g/mol. The van der Waals surface area contributed by atoms with Gasteiger partial charge >= 0.3 is 11.9 Å². The van der Waals surface area contributed by atoms with Crippen LogP contribution < -0.4 is 0 Å². The molecule has 0 radical (unpaired) electrons. The number of hydrogen-bond donors (Lipinski definition) is 0. The molecule has 146 valence electrons. The van der Waals surface area contributed by atoms with E-state index in [0.717, 1.165) is 25.7 Å². The van der Waals surface area contributed by atoms with Crippen LogP contribution in [-0.2, 0) is 14.3 Å². The number of ether oxygens (including phenoxy) is 1. The molecule has 0 heterocycles. The fourth-order valence-electron chi connectivity index (χ4n) is 2.77. The third-order valence-electron chi connectivity index (χ3n) is 4.32. The molecule has 0 spiro atoms. The molecule has 0 fully saturated rings. The highest BCUT2D eigenvalue weighted by Gasteiger charge is 2.08. The Labute approximate surface area is 155 Å². The average Bonchev–Trinajstić information content (AvgIpc) is 2.58. The van der Waals surface area contributed by atoms with Gasteiger partial charge in [0.1, 0.15) is 0 Å². The van der Waals surface area contributed by atoms with Crippen molar-refractivity contribution in [3.63, 3.8) is 0 Å². The van der Waals surface area contributed by atoms with Crippen LogP contribution in [0.1, 0.15) is 117 Å². The first-order chi connectivity index (χ1) is 12.2. The van der Waals surface area contributed by atoms with E-state index < -0.39 is 0 Å². The lowest BCUT2D eigenvalue weighted by Crippen LogP contribution is -2.11. The molecule has 3 nitrogen and oxygen atoms in total. The zero-order valence-corrected chi connectivity index (χ0v) is 16.7. The highest BCUT2D eigenvalue weighted by molar-refractivity contribution is 5.85. The van der Waals surface area contributed by atoms with Gasteiger partial charge in [-0.15, -0.1) is 0 Å². The molecule has 0 amide bonds. The van der Waals surface area contributed by atoms with Crippen molar-refractivity contribution in [1.29, 1.82) is 0 Å². The average molecular weight is 353 g/mol. The van der Waals surface area contributed by atoms with Crippen LogP contribution in [0.15, 0.2) is 12.2 Å². The van der Waals surface area contributed by atoms with Crippen LogP contribution in [0, 0.1) is 0 Å². The number of esters is 2. The largest absolute Gasteiger partial charge is 0.393 e. The standard InChI is InChI=1S/C22H40O3/c1-3-5-6-7-8-9-10-11-12-13-14-15-16-17-18-20-22(24)25-21(23)19-4-2/h11-12H,3-10,13-20H2,1-2H3/b12-11-. The van der Waals surface area contributed by atoms with Crippen LogP contribution in [-0.4, -0.2) is 11.9 Å². The zero-order chi connectivity index (χ0) is 18.6. The second kappa shape index (κ2) is 19.2. The summed E-state index contributed by atoms with van der Waals surface area (Å²) >= 11 is 0. The minimum atomic E-state index is -0.389. The summed E-state index contributed by atoms with van der Waals surface area (Å²) in [6.07, 6.45) is 22.1. The van der Waals surface area contributed by atoms with Gasteiger partial charge in [0, 0.05) is 12.8 Å². The Balaban J connectivity index is 3.26. The molecule has 0 aromatic heterocycles. The minimum absolute atomic E-state index is 0.331. The maximum Gasteiger partial charge on any atom is 0.313 e. The summed E-state index contributed by atoms with van der Waals surface area (Å²) in [4.78, 5) is 22.6. The fraction of sp³-hybridized carbons (Fsp3) is 0.818. The van der Waals surface area contributed by atoms with E-state index in [1.54, 1.807) is 0 Å². The zero-order valence-electron chi connectivity index (χ0n) is 16.7. The minimum Gasteiger partial charge on any atom is -0.393 e. The molecule has 0 saturated heterocycles. The van der Waals surface area contributed by atoms with Gasteiger partial charge < -0.3 is 4.74 Å². The Morgan fingerprint density at radius 3 is 1.64 bits per heavy atom. The lowest BCUT2D eigenvalue weighted by Gasteiger charge is -2.02. The highest BCUT2D eigenvalue weighted by Crippen LogP contribution is 2.10. The first-order valence-corrected chi connectivity index (χ1v) is 10.6. The van der Waals surface area contributed by atoms with E-state index in [9.17, 15) is 9.59 Å². The molecule has 0 bridgehead atoms. The molecule has 0 aliphatic heterocycles. The van der Waals surface area contributed by atoms with E-state index >= 15 is 0 Å². The molecule has 0 unspecified atom stereocenters. The van der Waals surface area contributed by atoms with Crippen molar-refractivity contribution in [3.8, 4) is 0 Å². The summed E-state index contributed by atoms with van der Waals surface area (Å²) in [5.74, 6) is -0.753. The second-order valence-electron chi connectivity index (χ2n) is 6.93. The quantitative estimate of drug-likeness (QED) is 0.124. The van der Waals surface area contributed by atoms with Crippen LogP contribution in [0.2, 0.25) is 0 Å². The molecule has 0 aliphatic carbocycles. The molecule has 25 heavy (non-hydrogen) atoms. The lowest BCUT2D eigenvalue weighted by atomic mass is 10.1. The number of carbonyl (C=O) groups is 2. The third kappa shape index (κ3) is 19.1. The SMILES string of the molecule is CCCCCCCC/C=C\CCCCCCCC(=O)OC(=O)CCC. The summed E-state index contributed by atoms with van der Waals surface area (Å²) in [6, 6.07) is 0. The van der Waals surface area contributed by atoms with Crippen LogP contribution in [0.3, 0.4) is 0 Å². The van der Waals surface area contributed by atoms with Crippen molar-refractivity contribution >= 4 is 11.9 Å². The number of rotatable bonds is 17. The van der Waals surface area contributed by atoms with Crippen molar-refractivity contribution in [2.75, 3.05) is 0 Å². The number of unbranched alkanes of at least 4 members (excludes halogenated alkanes) is 11. The van der Waals surface area contributed by atoms with Gasteiger partial charge in [-0.1, -0.05) is 77.4 Å². The van der Waals surface area contributed by atoms with E-state index in [0.29, 0.717) is 12.8 Å². The van der Waals surface area contributed by atoms with E-state index in [-0.39, 0.29) is 11.9 Å². The maximum absolute atomic E-state index is 11.4. The lowest BCUT2D eigenvalue weighted by molar-refractivity contribution is -0.159. The Kier molecular flexibility index (Phi) is 18.3. The molecular formula is C22H40O3. The molecule has 0 N–H and O–H groups in total. The van der Waals surface area contributed by atoms with Gasteiger partial charge in [0.05, 0.1) is 0 Å². The van der Waals surface area contributed by atoms with Gasteiger partial charge in [-0.25, -0.2) is 0 Å². The summed E-state index contributed by atoms with van der Waals surface area (Å²) in [5.41, 5.74) is 0. The van der Waals surface area contributed by atoms with Gasteiger partial charge in [-0.3, -0.25) is 9.59 Å². The van der Waals surface area contributed by atoms with Crippen molar-refractivity contribution < 1.29 is 14.3 Å². The molecule has 0 saturated carbocycles. The highest BCUT2D eigenvalue weighted by atomic mass is 16.6. The van der Waals surface area contributed by atoms with Crippen molar-refractivity contribution in [1.82, 2.24) is 0 Å². The molecule has 0 atom stereocenters. The maximum atomic E-state index is 11.4. The summed E-state index contributed by atoms with van der Waals surface area (Å²) in [5, 5.41) is 0. The van der Waals surface area contributed by atoms with Gasteiger partial charge in [-0.2, -0.15) is 0 Å². The predicted molar refractivity (Wildman–Crippen MR) is 105 cm³/mol. The molecule has 3 heteroatoms. The topological polar surface area (TPSA) is 43.4 Å². The summed E-state index contributed by atoms with van der Waals surface area (Å²) in [6.45, 7) is 4.16. The van der Waals surface area contributed by atoms with Crippen LogP contribution in [0.5, 0.6) is 0 Å². The van der Waals surface area contributed by atoms with E-state index in [1.807, 2.05) is 6.92 Å². The van der Waals surface area contributed by atoms with Gasteiger partial charge in [0.25, 0.3) is 0 Å². The summed E-state index contributed by atoms with van der Waals surface area (Å²) < 4.78 is 4.72. The fourth-order valence-corrected chi connectivity index (χ4v) is 2.77. The first kappa shape index (κ1) is 23.9. The van der Waals surface area contributed by atoms with Gasteiger partial charge in [0.15, 0.2) is 0 Å². The molecule has 0 aromatic carbocycles. The van der Waals surface area contributed by atoms with E-state index in [4.69, 9.17) is 4.74 Å². The Morgan fingerprint density at radius 2 is 1.08 bits per heavy atom. The molecular weight excluding hydrogens is 312 g/mol. The van der Waals surface area contributed by atoms with E-state index in [1.165, 1.54) is 64.2 Å².